The third-order valence-electron chi connectivity index (χ3n) is 13.6. The van der Waals surface area contributed by atoms with E-state index in [-0.39, 0.29) is 79.0 Å². The summed E-state index contributed by atoms with van der Waals surface area (Å²) in [4.78, 5) is 111. The second kappa shape index (κ2) is 27.1. The van der Waals surface area contributed by atoms with Crippen molar-refractivity contribution in [2.45, 2.75) is 163 Å². The van der Waals surface area contributed by atoms with E-state index in [1.807, 2.05) is 61.5 Å². The summed E-state index contributed by atoms with van der Waals surface area (Å²) >= 11 is 0. The number of amides is 7. The molecule has 7 amide bonds. The molecule has 0 aliphatic carbocycles. The number of likely N-dealkylation sites (tertiary alicyclic amines) is 1. The molecule has 9 atom stereocenters. The summed E-state index contributed by atoms with van der Waals surface area (Å²) in [6.07, 6.45) is 3.56. The van der Waals surface area contributed by atoms with Crippen molar-refractivity contribution in [1.82, 2.24) is 30.7 Å². The Bertz CT molecular complexity index is 1920. The molecule has 0 bridgehead atoms. The predicted octanol–water partition coefficient (Wildman–Crippen LogP) is 4.51. The Morgan fingerprint density at radius 2 is 1.49 bits per heavy atom. The zero-order valence-corrected chi connectivity index (χ0v) is 42.5. The molecule has 2 aliphatic rings. The largest absolute Gasteiger partial charge is 0.480 e. The smallest absolute Gasteiger partial charge is 0.326 e. The van der Waals surface area contributed by atoms with Crippen LogP contribution in [0.3, 0.4) is 0 Å². The molecular formula is C51H80N6O11. The van der Waals surface area contributed by atoms with Gasteiger partial charge in [-0.1, -0.05) is 105 Å². The van der Waals surface area contributed by atoms with E-state index in [4.69, 9.17) is 9.47 Å². The lowest BCUT2D eigenvalue weighted by molar-refractivity contribution is -0.148. The molecule has 1 fully saturated rings. The minimum atomic E-state index is -1.16. The Hall–Kier alpha value is -5.16. The molecule has 17 heteroatoms. The molecule has 0 saturated carbocycles. The number of carbonyl (C=O) groups is 8. The third kappa shape index (κ3) is 15.4. The van der Waals surface area contributed by atoms with Crippen LogP contribution in [0.1, 0.15) is 119 Å². The number of benzene rings is 1. The van der Waals surface area contributed by atoms with Gasteiger partial charge in [0, 0.05) is 58.8 Å². The number of unbranched alkanes of at least 4 members (excludes halogenated alkanes) is 2. The standard InChI is InChI=1S/C51H80N6O11/c1-13-33(8)45(39(67-11)29-42(60)56-26-20-23-38(56)46(68-12)34(9)47(61)52-37(51(65)66)27-35-21-16-14-17-22-35)55(10)50(64)44(32(6)7)54-48(62)43(31(4)5)53-40(58)24-18-15-19-25-57-41(59)28-36(30(2)3)49(57)63/h14,16-17,21-22,28,30-34,37-39,43-46H,13,15,18-20,23-27,29H2,1-12H3,(H,52,61)(H,53,58)(H,54,62)(H,65,66)/t33-,34+,37-,38-,39+,43-,44-,45-,46+/m0/s1. The van der Waals surface area contributed by atoms with Gasteiger partial charge in [0.25, 0.3) is 11.8 Å². The molecule has 0 aromatic heterocycles. The maximum Gasteiger partial charge on any atom is 0.326 e. The summed E-state index contributed by atoms with van der Waals surface area (Å²) in [7, 11) is 4.62. The van der Waals surface area contributed by atoms with Crippen LogP contribution < -0.4 is 16.0 Å². The molecule has 3 rings (SSSR count). The van der Waals surface area contributed by atoms with Gasteiger partial charge in [0.1, 0.15) is 18.1 Å². The number of likely N-dealkylation sites (N-methyl/N-ethyl adjacent to an activating group) is 1. The second-order valence-electron chi connectivity index (χ2n) is 19.6. The molecule has 4 N–H and O–H groups in total. The number of hydrogen-bond donors (Lipinski definition) is 4. The zero-order valence-electron chi connectivity index (χ0n) is 42.5. The third-order valence-corrected chi connectivity index (χ3v) is 13.6. The first kappa shape index (κ1) is 57.2. The molecule has 68 heavy (non-hydrogen) atoms. The molecule has 0 radical (unpaired) electrons. The predicted molar refractivity (Wildman–Crippen MR) is 257 cm³/mol. The van der Waals surface area contributed by atoms with Gasteiger partial charge in [-0.3, -0.25) is 38.5 Å². The van der Waals surface area contributed by atoms with Crippen LogP contribution in [0.5, 0.6) is 0 Å². The highest BCUT2D eigenvalue weighted by Crippen LogP contribution is 2.30. The lowest BCUT2D eigenvalue weighted by atomic mass is 9.89. The van der Waals surface area contributed by atoms with Crippen LogP contribution in [0, 0.1) is 29.6 Å². The Morgan fingerprint density at radius 3 is 2.03 bits per heavy atom. The van der Waals surface area contributed by atoms with Gasteiger partial charge in [-0.05, 0) is 54.9 Å². The number of imide groups is 1. The number of rotatable bonds is 28. The molecule has 1 aromatic rings. The number of hydrogen-bond acceptors (Lipinski definition) is 10. The first-order valence-corrected chi connectivity index (χ1v) is 24.5. The number of carboxylic acid groups (broad SMARTS) is 1. The zero-order chi connectivity index (χ0) is 51.0. The van der Waals surface area contributed by atoms with Crippen molar-refractivity contribution in [2.75, 3.05) is 34.4 Å². The van der Waals surface area contributed by atoms with E-state index in [1.54, 1.807) is 48.0 Å². The second-order valence-corrected chi connectivity index (χ2v) is 19.6. The number of methoxy groups -OCH3 is 2. The average molecular weight is 953 g/mol. The van der Waals surface area contributed by atoms with E-state index in [0.29, 0.717) is 50.6 Å². The van der Waals surface area contributed by atoms with E-state index in [9.17, 15) is 43.5 Å². The maximum atomic E-state index is 14.5. The highest BCUT2D eigenvalue weighted by atomic mass is 16.5. The van der Waals surface area contributed by atoms with Gasteiger partial charge in [0.15, 0.2) is 0 Å². The summed E-state index contributed by atoms with van der Waals surface area (Å²) < 4.78 is 11.9. The van der Waals surface area contributed by atoms with Crippen LogP contribution in [-0.2, 0) is 54.3 Å². The van der Waals surface area contributed by atoms with E-state index in [2.05, 4.69) is 16.0 Å². The number of carboxylic acids is 1. The molecule has 380 valence electrons. The van der Waals surface area contributed by atoms with Crippen molar-refractivity contribution in [2.24, 2.45) is 29.6 Å². The molecule has 0 unspecified atom stereocenters. The van der Waals surface area contributed by atoms with E-state index in [1.165, 1.54) is 25.2 Å². The number of aliphatic carboxylic acids is 1. The van der Waals surface area contributed by atoms with Crippen LogP contribution in [0.4, 0.5) is 0 Å². The highest BCUT2D eigenvalue weighted by molar-refractivity contribution is 6.16. The summed E-state index contributed by atoms with van der Waals surface area (Å²) in [6, 6.07) is 4.90. The fourth-order valence-corrected chi connectivity index (χ4v) is 9.30. The lowest BCUT2D eigenvalue weighted by Gasteiger charge is -2.41. The van der Waals surface area contributed by atoms with Crippen LogP contribution in [0.15, 0.2) is 42.0 Å². The summed E-state index contributed by atoms with van der Waals surface area (Å²) in [5.74, 6) is -5.34. The molecule has 0 spiro atoms. The number of nitrogens with zero attached hydrogens (tertiary/aromatic N) is 3. The summed E-state index contributed by atoms with van der Waals surface area (Å²) in [6.45, 7) is 17.3. The number of carbonyl (C=O) groups excluding carboxylic acids is 7. The summed E-state index contributed by atoms with van der Waals surface area (Å²) in [5, 5.41) is 18.4. The minimum Gasteiger partial charge on any atom is -0.480 e. The molecule has 1 saturated heterocycles. The Kier molecular flexibility index (Phi) is 22.8. The van der Waals surface area contributed by atoms with Gasteiger partial charge in [0.05, 0.1) is 36.6 Å². The van der Waals surface area contributed by atoms with Gasteiger partial charge in [0.2, 0.25) is 29.5 Å². The van der Waals surface area contributed by atoms with Crippen LogP contribution in [-0.4, -0.2) is 144 Å². The fraction of sp³-hybridized carbons (Fsp3) is 0.686. The van der Waals surface area contributed by atoms with Crippen molar-refractivity contribution in [1.29, 1.82) is 0 Å². The Balaban J connectivity index is 1.67. The number of nitrogens with one attached hydrogen (secondary N) is 3. The molecule has 2 heterocycles. The van der Waals surface area contributed by atoms with Crippen molar-refractivity contribution < 1.29 is 52.9 Å². The van der Waals surface area contributed by atoms with Crippen molar-refractivity contribution in [3.8, 4) is 0 Å². The molecule has 1 aromatic carbocycles. The van der Waals surface area contributed by atoms with Crippen molar-refractivity contribution in [3.63, 3.8) is 0 Å². The SMILES string of the molecule is CC[C@H](C)[C@@H]([C@@H](CC(=O)N1CCC[C@H]1[C@H](OC)[C@@H](C)C(=O)N[C@@H](Cc1ccccc1)C(=O)O)OC)N(C)C(=O)[C@@H](NC(=O)[C@@H](NC(=O)CCCCCN1C(=O)C=C(C(C)C)C1=O)C(C)C)C(C)C. The molecule has 17 nitrogen and oxygen atoms in total. The first-order chi connectivity index (χ1) is 32.1. The monoisotopic (exact) mass is 953 g/mol. The Labute approximate surface area is 403 Å². The minimum absolute atomic E-state index is 0.0472. The maximum absolute atomic E-state index is 14.5. The molecule has 2 aliphatic heterocycles. The van der Waals surface area contributed by atoms with Crippen LogP contribution in [0.25, 0.3) is 0 Å². The van der Waals surface area contributed by atoms with Gasteiger partial charge in [-0.2, -0.15) is 0 Å². The fourth-order valence-electron chi connectivity index (χ4n) is 9.30. The van der Waals surface area contributed by atoms with E-state index < -0.39 is 66.1 Å². The summed E-state index contributed by atoms with van der Waals surface area (Å²) in [5.41, 5.74) is 1.26. The first-order valence-electron chi connectivity index (χ1n) is 24.5. The van der Waals surface area contributed by atoms with Crippen molar-refractivity contribution >= 4 is 47.3 Å². The van der Waals surface area contributed by atoms with Gasteiger partial charge < -0.3 is 40.3 Å². The lowest BCUT2D eigenvalue weighted by Crippen LogP contribution is -2.60. The Morgan fingerprint density at radius 1 is 0.838 bits per heavy atom. The quantitative estimate of drug-likeness (QED) is 0.0676. The highest BCUT2D eigenvalue weighted by Gasteiger charge is 2.43. The van der Waals surface area contributed by atoms with E-state index in [0.717, 1.165) is 5.56 Å². The van der Waals surface area contributed by atoms with Crippen LogP contribution >= 0.6 is 0 Å². The van der Waals surface area contributed by atoms with Gasteiger partial charge in [-0.25, -0.2) is 4.79 Å². The molecular weight excluding hydrogens is 873 g/mol. The number of ether oxygens (including phenoxy) is 2. The normalized spacial score (nSPS) is 18.7. The average Bonchev–Trinajstić information content (AvgIpc) is 3.90. The van der Waals surface area contributed by atoms with Gasteiger partial charge in [-0.15, -0.1) is 0 Å². The van der Waals surface area contributed by atoms with Crippen molar-refractivity contribution in [3.05, 3.63) is 47.5 Å². The topological polar surface area (TPSA) is 221 Å². The van der Waals surface area contributed by atoms with E-state index >= 15 is 0 Å². The van der Waals surface area contributed by atoms with Crippen LogP contribution in [0.2, 0.25) is 0 Å². The van der Waals surface area contributed by atoms with Gasteiger partial charge >= 0.3 is 5.97 Å².